The monoisotopic (exact) mass is 307 g/mol. The van der Waals surface area contributed by atoms with Gasteiger partial charge in [0.25, 0.3) is 11.7 Å². The zero-order chi connectivity index (χ0) is 14.7. The van der Waals surface area contributed by atoms with Gasteiger partial charge in [-0.05, 0) is 25.1 Å². The predicted molar refractivity (Wildman–Crippen MR) is 80.6 cm³/mol. The summed E-state index contributed by atoms with van der Waals surface area (Å²) < 4.78 is 0. The van der Waals surface area contributed by atoms with Gasteiger partial charge < -0.3 is 5.32 Å². The minimum Gasteiger partial charge on any atom is -0.318 e. The smallest absolute Gasteiger partial charge is 0.296 e. The Morgan fingerprint density at radius 1 is 1.00 bits per heavy atom. The van der Waals surface area contributed by atoms with Crippen molar-refractivity contribution in [1.82, 2.24) is 0 Å². The molecule has 0 aliphatic carbocycles. The van der Waals surface area contributed by atoms with Gasteiger partial charge in [-0.2, -0.15) is 0 Å². The van der Waals surface area contributed by atoms with E-state index in [4.69, 9.17) is 23.2 Å². The number of benzene rings is 2. The Morgan fingerprint density at radius 3 is 2.30 bits per heavy atom. The van der Waals surface area contributed by atoms with E-state index in [-0.39, 0.29) is 0 Å². The summed E-state index contributed by atoms with van der Waals surface area (Å²) in [5, 5.41) is 3.20. The summed E-state index contributed by atoms with van der Waals surface area (Å²) in [6.07, 6.45) is 0. The van der Waals surface area contributed by atoms with E-state index in [0.717, 1.165) is 5.56 Å². The van der Waals surface area contributed by atoms with Gasteiger partial charge in [-0.3, -0.25) is 9.59 Å². The van der Waals surface area contributed by atoms with E-state index in [1.165, 1.54) is 6.07 Å². The van der Waals surface area contributed by atoms with Crippen molar-refractivity contribution in [1.29, 1.82) is 0 Å². The Labute approximate surface area is 126 Å². The molecule has 5 heteroatoms. The SMILES string of the molecule is Cc1ccc(C(=O)C(=O)Nc2cc(Cl)ccc2Cl)cc1. The van der Waals surface area contributed by atoms with E-state index < -0.39 is 11.7 Å². The average molecular weight is 308 g/mol. The molecule has 3 nitrogen and oxygen atoms in total. The van der Waals surface area contributed by atoms with Crippen LogP contribution in [0.3, 0.4) is 0 Å². The summed E-state index contributed by atoms with van der Waals surface area (Å²) in [6, 6.07) is 11.4. The van der Waals surface area contributed by atoms with E-state index >= 15 is 0 Å². The van der Waals surface area contributed by atoms with Crippen LogP contribution in [0, 0.1) is 6.92 Å². The second-order valence-electron chi connectivity index (χ2n) is 4.27. The van der Waals surface area contributed by atoms with Crippen molar-refractivity contribution in [3.05, 3.63) is 63.6 Å². The number of halogens is 2. The molecule has 0 saturated heterocycles. The molecule has 0 aromatic heterocycles. The third-order valence-electron chi connectivity index (χ3n) is 2.70. The first-order valence-corrected chi connectivity index (χ1v) is 6.60. The molecule has 0 fully saturated rings. The fourth-order valence-corrected chi connectivity index (χ4v) is 1.95. The van der Waals surface area contributed by atoms with E-state index in [9.17, 15) is 9.59 Å². The number of carbonyl (C=O) groups is 2. The molecule has 2 rings (SSSR count). The highest BCUT2D eigenvalue weighted by Crippen LogP contribution is 2.25. The molecule has 0 radical (unpaired) electrons. The zero-order valence-corrected chi connectivity index (χ0v) is 12.1. The molecule has 2 aromatic rings. The van der Waals surface area contributed by atoms with Crippen molar-refractivity contribution in [3.8, 4) is 0 Å². The van der Waals surface area contributed by atoms with Crippen LogP contribution in [0.4, 0.5) is 5.69 Å². The molecule has 0 spiro atoms. The predicted octanol–water partition coefficient (Wildman–Crippen LogP) is 4.12. The highest BCUT2D eigenvalue weighted by molar-refractivity contribution is 6.47. The maximum atomic E-state index is 12.0. The van der Waals surface area contributed by atoms with E-state index in [2.05, 4.69) is 5.32 Å². The standard InChI is InChI=1S/C15H11Cl2NO2/c1-9-2-4-10(5-3-9)14(19)15(20)18-13-8-11(16)6-7-12(13)17/h2-8H,1H3,(H,18,20). The summed E-state index contributed by atoms with van der Waals surface area (Å²) in [6.45, 7) is 1.90. The molecule has 0 atom stereocenters. The number of anilines is 1. The van der Waals surface area contributed by atoms with Crippen LogP contribution in [-0.2, 0) is 4.79 Å². The van der Waals surface area contributed by atoms with Gasteiger partial charge in [-0.15, -0.1) is 0 Å². The lowest BCUT2D eigenvalue weighted by Gasteiger charge is -2.07. The van der Waals surface area contributed by atoms with Crippen LogP contribution in [0.1, 0.15) is 15.9 Å². The Morgan fingerprint density at radius 2 is 1.65 bits per heavy atom. The maximum absolute atomic E-state index is 12.0. The number of rotatable bonds is 3. The Bertz CT molecular complexity index is 666. The number of hydrogen-bond acceptors (Lipinski definition) is 2. The molecule has 1 amide bonds. The van der Waals surface area contributed by atoms with Crippen LogP contribution >= 0.6 is 23.2 Å². The molecule has 0 saturated carbocycles. The highest BCUT2D eigenvalue weighted by atomic mass is 35.5. The molecule has 20 heavy (non-hydrogen) atoms. The lowest BCUT2D eigenvalue weighted by Crippen LogP contribution is -2.23. The fraction of sp³-hybridized carbons (Fsp3) is 0.0667. The molecule has 0 aliphatic heterocycles. The van der Waals surface area contributed by atoms with Crippen molar-refractivity contribution in [2.24, 2.45) is 0 Å². The zero-order valence-electron chi connectivity index (χ0n) is 10.6. The first kappa shape index (κ1) is 14.6. The lowest BCUT2D eigenvalue weighted by atomic mass is 10.1. The average Bonchev–Trinajstić information content (AvgIpc) is 2.43. The summed E-state index contributed by atoms with van der Waals surface area (Å²) in [7, 11) is 0. The molecule has 1 N–H and O–H groups in total. The Kier molecular flexibility index (Phi) is 4.42. The number of aryl methyl sites for hydroxylation is 1. The van der Waals surface area contributed by atoms with Gasteiger partial charge in [0, 0.05) is 10.6 Å². The second kappa shape index (κ2) is 6.07. The van der Waals surface area contributed by atoms with Crippen LogP contribution in [0.2, 0.25) is 10.0 Å². The Hall–Kier alpha value is -1.84. The molecule has 102 valence electrons. The largest absolute Gasteiger partial charge is 0.318 e. The normalized spacial score (nSPS) is 10.2. The molecule has 2 aromatic carbocycles. The molecule has 0 bridgehead atoms. The van der Waals surface area contributed by atoms with Crippen molar-refractivity contribution in [2.45, 2.75) is 6.92 Å². The number of Topliss-reactive ketones (excluding diaryl/α,β-unsaturated/α-hetero) is 1. The van der Waals surface area contributed by atoms with Crippen molar-refractivity contribution in [2.75, 3.05) is 5.32 Å². The van der Waals surface area contributed by atoms with Crippen LogP contribution in [0.15, 0.2) is 42.5 Å². The number of hydrogen-bond donors (Lipinski definition) is 1. The van der Waals surface area contributed by atoms with Gasteiger partial charge >= 0.3 is 0 Å². The van der Waals surface area contributed by atoms with Gasteiger partial charge in [0.15, 0.2) is 0 Å². The topological polar surface area (TPSA) is 46.2 Å². The van der Waals surface area contributed by atoms with Crippen LogP contribution in [0.5, 0.6) is 0 Å². The van der Waals surface area contributed by atoms with E-state index in [0.29, 0.717) is 21.3 Å². The quantitative estimate of drug-likeness (QED) is 0.684. The summed E-state index contributed by atoms with van der Waals surface area (Å²) in [5.74, 6) is -1.38. The van der Waals surface area contributed by atoms with Gasteiger partial charge in [-0.25, -0.2) is 0 Å². The molecular weight excluding hydrogens is 297 g/mol. The minimum atomic E-state index is -0.752. The minimum absolute atomic E-state index is 0.310. The third-order valence-corrected chi connectivity index (χ3v) is 3.26. The highest BCUT2D eigenvalue weighted by Gasteiger charge is 2.17. The molecule has 0 heterocycles. The van der Waals surface area contributed by atoms with Gasteiger partial charge in [0.2, 0.25) is 0 Å². The third kappa shape index (κ3) is 3.38. The van der Waals surface area contributed by atoms with Gasteiger partial charge in [0.05, 0.1) is 10.7 Å². The lowest BCUT2D eigenvalue weighted by molar-refractivity contribution is -0.112. The maximum Gasteiger partial charge on any atom is 0.296 e. The second-order valence-corrected chi connectivity index (χ2v) is 5.12. The van der Waals surface area contributed by atoms with Crippen LogP contribution in [0.25, 0.3) is 0 Å². The summed E-state index contributed by atoms with van der Waals surface area (Å²) in [5.41, 5.74) is 1.65. The van der Waals surface area contributed by atoms with Crippen molar-refractivity contribution in [3.63, 3.8) is 0 Å². The van der Waals surface area contributed by atoms with Gasteiger partial charge in [-0.1, -0.05) is 53.0 Å². The molecule has 0 aliphatic rings. The number of carbonyl (C=O) groups excluding carboxylic acids is 2. The van der Waals surface area contributed by atoms with Crippen LogP contribution in [-0.4, -0.2) is 11.7 Å². The van der Waals surface area contributed by atoms with E-state index in [1.807, 2.05) is 6.92 Å². The van der Waals surface area contributed by atoms with Gasteiger partial charge in [0.1, 0.15) is 0 Å². The first-order chi connectivity index (χ1) is 9.47. The van der Waals surface area contributed by atoms with Crippen molar-refractivity contribution < 1.29 is 9.59 Å². The Balaban J connectivity index is 2.17. The number of nitrogens with one attached hydrogen (secondary N) is 1. The summed E-state index contributed by atoms with van der Waals surface area (Å²) in [4.78, 5) is 23.9. The van der Waals surface area contributed by atoms with E-state index in [1.54, 1.807) is 36.4 Å². The molecular formula is C15H11Cl2NO2. The fourth-order valence-electron chi connectivity index (χ4n) is 1.61. The molecule has 0 unspecified atom stereocenters. The first-order valence-electron chi connectivity index (χ1n) is 5.85. The summed E-state index contributed by atoms with van der Waals surface area (Å²) >= 11 is 11.7. The van der Waals surface area contributed by atoms with Crippen molar-refractivity contribution >= 4 is 40.6 Å². The number of amides is 1. The number of ketones is 1. The van der Waals surface area contributed by atoms with Crippen LogP contribution < -0.4 is 5.32 Å².